The minimum atomic E-state index is -3.84. The third-order valence-corrected chi connectivity index (χ3v) is 5.11. The van der Waals surface area contributed by atoms with Gasteiger partial charge < -0.3 is 0 Å². The van der Waals surface area contributed by atoms with E-state index in [9.17, 15) is 8.42 Å². The lowest BCUT2D eigenvalue weighted by molar-refractivity contribution is 0.603. The van der Waals surface area contributed by atoms with Crippen LogP contribution in [0.2, 0.25) is 5.02 Å². The Kier molecular flexibility index (Phi) is 4.84. The summed E-state index contributed by atoms with van der Waals surface area (Å²) in [4.78, 5) is -0.257. The van der Waals surface area contributed by atoms with Gasteiger partial charge in [0.1, 0.15) is 11.0 Å². The van der Waals surface area contributed by atoms with E-state index in [2.05, 4.69) is 15.9 Å². The van der Waals surface area contributed by atoms with Crippen LogP contribution in [0, 0.1) is 11.3 Å². The monoisotopic (exact) mass is 381 g/mol. The summed E-state index contributed by atoms with van der Waals surface area (Å²) in [6.07, 6.45) is 1.31. The Morgan fingerprint density at radius 2 is 1.86 bits per heavy atom. The Balaban J connectivity index is 2.50. The van der Waals surface area contributed by atoms with Gasteiger partial charge in [0.15, 0.2) is 0 Å². The first-order valence-corrected chi connectivity index (χ1v) is 8.47. The van der Waals surface area contributed by atoms with Gasteiger partial charge in [0.05, 0.1) is 4.90 Å². The molecular formula is C15H9BrClNO2S. The second-order valence-corrected chi connectivity index (χ2v) is 7.40. The number of benzene rings is 2. The molecule has 0 saturated heterocycles. The molecule has 0 amide bonds. The normalized spacial score (nSPS) is 12.0. The fourth-order valence-corrected chi connectivity index (χ4v) is 3.28. The van der Waals surface area contributed by atoms with E-state index < -0.39 is 9.84 Å². The van der Waals surface area contributed by atoms with Crippen molar-refractivity contribution in [2.75, 3.05) is 0 Å². The highest BCUT2D eigenvalue weighted by Crippen LogP contribution is 2.23. The van der Waals surface area contributed by atoms with Gasteiger partial charge in [-0.1, -0.05) is 39.7 Å². The number of nitriles is 1. The molecular weight excluding hydrogens is 374 g/mol. The van der Waals surface area contributed by atoms with Gasteiger partial charge in [-0.25, -0.2) is 8.42 Å². The van der Waals surface area contributed by atoms with Crippen LogP contribution in [-0.2, 0) is 9.84 Å². The summed E-state index contributed by atoms with van der Waals surface area (Å²) in [5.41, 5.74) is 0.555. The van der Waals surface area contributed by atoms with E-state index in [-0.39, 0.29) is 9.80 Å². The van der Waals surface area contributed by atoms with Crippen LogP contribution in [0.25, 0.3) is 6.08 Å². The molecule has 3 nitrogen and oxygen atoms in total. The summed E-state index contributed by atoms with van der Waals surface area (Å²) in [5.74, 6) is 0. The highest BCUT2D eigenvalue weighted by Gasteiger charge is 2.20. The number of sulfone groups is 1. The molecule has 106 valence electrons. The van der Waals surface area contributed by atoms with Crippen LogP contribution < -0.4 is 0 Å². The molecule has 0 aromatic heterocycles. The first-order chi connectivity index (χ1) is 9.93. The fraction of sp³-hybridized carbons (Fsp3) is 0. The Bertz CT molecular complexity index is 837. The Morgan fingerprint density at radius 1 is 1.19 bits per heavy atom. The third-order valence-electron chi connectivity index (χ3n) is 2.67. The largest absolute Gasteiger partial charge is 0.218 e. The summed E-state index contributed by atoms with van der Waals surface area (Å²) in [5, 5.41) is 9.64. The van der Waals surface area contributed by atoms with Gasteiger partial charge in [-0.05, 0) is 48.0 Å². The zero-order valence-electron chi connectivity index (χ0n) is 10.6. The van der Waals surface area contributed by atoms with E-state index in [0.29, 0.717) is 10.6 Å². The standard InChI is InChI=1S/C15H9BrClNO2S/c16-12-4-6-14(7-5-12)21(19,20)15(10-18)9-11-2-1-3-13(17)8-11/h1-9H/b15-9+. The lowest BCUT2D eigenvalue weighted by atomic mass is 10.2. The van der Waals surface area contributed by atoms with Gasteiger partial charge in [0.25, 0.3) is 0 Å². The number of hydrogen-bond donors (Lipinski definition) is 0. The van der Waals surface area contributed by atoms with E-state index in [0.717, 1.165) is 4.47 Å². The highest BCUT2D eigenvalue weighted by atomic mass is 79.9. The average Bonchev–Trinajstić information content (AvgIpc) is 2.45. The van der Waals surface area contributed by atoms with Crippen molar-refractivity contribution in [3.63, 3.8) is 0 Å². The third kappa shape index (κ3) is 3.73. The van der Waals surface area contributed by atoms with Crippen LogP contribution in [0.1, 0.15) is 5.56 Å². The van der Waals surface area contributed by atoms with Gasteiger partial charge in [-0.3, -0.25) is 0 Å². The fourth-order valence-electron chi connectivity index (χ4n) is 1.66. The van der Waals surface area contributed by atoms with Crippen molar-refractivity contribution in [1.82, 2.24) is 0 Å². The van der Waals surface area contributed by atoms with E-state index in [1.165, 1.54) is 18.2 Å². The summed E-state index contributed by atoms with van der Waals surface area (Å²) in [6, 6.07) is 14.5. The number of allylic oxidation sites excluding steroid dienone is 1. The Hall–Kier alpha value is -1.61. The van der Waals surface area contributed by atoms with Crippen molar-refractivity contribution in [1.29, 1.82) is 5.26 Å². The average molecular weight is 383 g/mol. The van der Waals surface area contributed by atoms with E-state index in [1.54, 1.807) is 42.5 Å². The molecule has 0 bridgehead atoms. The molecule has 0 N–H and O–H groups in total. The minimum Gasteiger partial charge on any atom is -0.218 e. The van der Waals surface area contributed by atoms with Crippen molar-refractivity contribution in [2.24, 2.45) is 0 Å². The lowest BCUT2D eigenvalue weighted by Crippen LogP contribution is -2.03. The summed E-state index contributed by atoms with van der Waals surface area (Å²) >= 11 is 9.09. The summed E-state index contributed by atoms with van der Waals surface area (Å²) < 4.78 is 25.6. The van der Waals surface area contributed by atoms with Crippen molar-refractivity contribution in [3.05, 3.63) is 68.5 Å². The van der Waals surface area contributed by atoms with Crippen LogP contribution >= 0.6 is 27.5 Å². The minimum absolute atomic E-state index is 0.0699. The number of halogens is 2. The maximum Gasteiger partial charge on any atom is 0.216 e. The zero-order valence-corrected chi connectivity index (χ0v) is 13.8. The molecule has 0 aliphatic rings. The molecule has 0 aliphatic carbocycles. The highest BCUT2D eigenvalue weighted by molar-refractivity contribution is 9.10. The zero-order chi connectivity index (χ0) is 15.5. The van der Waals surface area contributed by atoms with Gasteiger partial charge in [0.2, 0.25) is 9.84 Å². The van der Waals surface area contributed by atoms with Crippen molar-refractivity contribution >= 4 is 43.4 Å². The Labute approximate surface area is 136 Å². The van der Waals surface area contributed by atoms with E-state index in [4.69, 9.17) is 16.9 Å². The SMILES string of the molecule is N#C/C(=C\c1cccc(Cl)c1)S(=O)(=O)c1ccc(Br)cc1. The first kappa shape index (κ1) is 15.8. The van der Waals surface area contributed by atoms with Crippen LogP contribution in [0.4, 0.5) is 0 Å². The van der Waals surface area contributed by atoms with Gasteiger partial charge >= 0.3 is 0 Å². The van der Waals surface area contributed by atoms with Crippen LogP contribution in [0.3, 0.4) is 0 Å². The number of rotatable bonds is 3. The van der Waals surface area contributed by atoms with Crippen molar-refractivity contribution < 1.29 is 8.42 Å². The van der Waals surface area contributed by atoms with Gasteiger partial charge in [0, 0.05) is 9.50 Å². The van der Waals surface area contributed by atoms with E-state index >= 15 is 0 Å². The predicted octanol–water partition coefficient (Wildman–Crippen LogP) is 4.44. The van der Waals surface area contributed by atoms with Gasteiger partial charge in [-0.2, -0.15) is 5.26 Å². The summed E-state index contributed by atoms with van der Waals surface area (Å²) in [7, 11) is -3.84. The molecule has 2 aromatic carbocycles. The maximum atomic E-state index is 12.4. The van der Waals surface area contributed by atoms with Crippen molar-refractivity contribution in [3.8, 4) is 6.07 Å². The molecule has 0 radical (unpaired) electrons. The van der Waals surface area contributed by atoms with Gasteiger partial charge in [-0.15, -0.1) is 0 Å². The van der Waals surface area contributed by atoms with Crippen LogP contribution in [0.5, 0.6) is 0 Å². The molecule has 0 aliphatic heterocycles. The summed E-state index contributed by atoms with van der Waals surface area (Å²) in [6.45, 7) is 0. The Morgan fingerprint density at radius 3 is 2.43 bits per heavy atom. The number of nitrogens with zero attached hydrogens (tertiary/aromatic N) is 1. The maximum absolute atomic E-state index is 12.4. The molecule has 2 aromatic rings. The lowest BCUT2D eigenvalue weighted by Gasteiger charge is -2.03. The molecule has 2 rings (SSSR count). The number of hydrogen-bond acceptors (Lipinski definition) is 3. The van der Waals surface area contributed by atoms with E-state index in [1.807, 2.05) is 0 Å². The molecule has 0 saturated carbocycles. The molecule has 0 spiro atoms. The molecule has 0 unspecified atom stereocenters. The first-order valence-electron chi connectivity index (χ1n) is 5.81. The topological polar surface area (TPSA) is 57.9 Å². The molecule has 6 heteroatoms. The van der Waals surface area contributed by atoms with Crippen LogP contribution in [-0.4, -0.2) is 8.42 Å². The quantitative estimate of drug-likeness (QED) is 0.737. The molecule has 0 atom stereocenters. The van der Waals surface area contributed by atoms with Crippen molar-refractivity contribution in [2.45, 2.75) is 4.90 Å². The second kappa shape index (κ2) is 6.44. The molecule has 21 heavy (non-hydrogen) atoms. The smallest absolute Gasteiger partial charge is 0.216 e. The molecule has 0 heterocycles. The molecule has 0 fully saturated rings. The second-order valence-electron chi connectivity index (χ2n) is 4.13. The van der Waals surface area contributed by atoms with Crippen LogP contribution in [0.15, 0.2) is 62.8 Å². The predicted molar refractivity (Wildman–Crippen MR) is 86.4 cm³/mol.